The molecule has 4 aromatic rings. The van der Waals surface area contributed by atoms with Gasteiger partial charge in [0, 0.05) is 34.5 Å². The van der Waals surface area contributed by atoms with Crippen LogP contribution in [0.4, 0.5) is 0 Å². The van der Waals surface area contributed by atoms with Crippen LogP contribution in [0, 0.1) is 0 Å². The van der Waals surface area contributed by atoms with Crippen LogP contribution in [0.1, 0.15) is 52.9 Å². The van der Waals surface area contributed by atoms with Crippen LogP contribution in [-0.2, 0) is 10.8 Å². The lowest BCUT2D eigenvalue weighted by Crippen LogP contribution is -2.31. The van der Waals surface area contributed by atoms with E-state index in [1.165, 1.54) is 0 Å². The first kappa shape index (κ1) is 18.4. The van der Waals surface area contributed by atoms with Gasteiger partial charge in [-0.3, -0.25) is 4.98 Å². The fraction of sp³-hybridized carbons (Fsp3) is 0.348. The molecule has 0 saturated heterocycles. The van der Waals surface area contributed by atoms with E-state index < -0.39 is 0 Å². The van der Waals surface area contributed by atoms with Crippen LogP contribution < -0.4 is 4.57 Å². The summed E-state index contributed by atoms with van der Waals surface area (Å²) in [6.07, 6.45) is 7.45. The average molecular weight is 372 g/mol. The van der Waals surface area contributed by atoms with Crippen LogP contribution in [0.25, 0.3) is 27.5 Å². The Labute approximate surface area is 165 Å². The van der Waals surface area contributed by atoms with Gasteiger partial charge >= 0.3 is 0 Å². The van der Waals surface area contributed by atoms with Crippen molar-refractivity contribution in [1.82, 2.24) is 19.9 Å². The van der Waals surface area contributed by atoms with E-state index in [1.54, 1.807) is 6.33 Å². The van der Waals surface area contributed by atoms with E-state index in [2.05, 4.69) is 85.9 Å². The van der Waals surface area contributed by atoms with Crippen molar-refractivity contribution in [3.63, 3.8) is 0 Å². The molecular weight excluding hydrogens is 346 g/mol. The van der Waals surface area contributed by atoms with Crippen molar-refractivity contribution >= 4 is 21.8 Å². The molecule has 142 valence electrons. The van der Waals surface area contributed by atoms with Crippen molar-refractivity contribution in [2.24, 2.45) is 0 Å². The lowest BCUT2D eigenvalue weighted by atomic mass is 9.89. The number of nitrogens with zero attached hydrogens (tertiary/aromatic N) is 5. The van der Waals surface area contributed by atoms with E-state index in [0.29, 0.717) is 0 Å². The van der Waals surface area contributed by atoms with E-state index in [0.717, 1.165) is 38.9 Å². The Balaban J connectivity index is 1.90. The highest BCUT2D eigenvalue weighted by molar-refractivity contribution is 5.83. The van der Waals surface area contributed by atoms with Crippen LogP contribution in [-0.4, -0.2) is 19.9 Å². The summed E-state index contributed by atoms with van der Waals surface area (Å²) in [5, 5.41) is 2.15. The van der Waals surface area contributed by atoms with Crippen LogP contribution in [0.3, 0.4) is 0 Å². The topological polar surface area (TPSA) is 55.4 Å². The maximum Gasteiger partial charge on any atom is 0.291 e. The molecule has 3 aromatic heterocycles. The lowest BCUT2D eigenvalue weighted by Gasteiger charge is -2.19. The molecule has 1 aromatic carbocycles. The van der Waals surface area contributed by atoms with Crippen molar-refractivity contribution in [2.45, 2.75) is 52.4 Å². The maximum absolute atomic E-state index is 4.66. The normalized spacial score (nSPS) is 12.6. The second kappa shape index (κ2) is 6.30. The minimum Gasteiger partial charge on any atom is -0.260 e. The number of hydrogen-bond acceptors (Lipinski definition) is 4. The van der Waals surface area contributed by atoms with Crippen molar-refractivity contribution in [3.05, 3.63) is 60.7 Å². The number of pyridine rings is 1. The molecule has 3 heterocycles. The molecular formula is C23H26N5+. The second-order valence-electron chi connectivity index (χ2n) is 9.30. The molecule has 4 rings (SSSR count). The highest BCUT2D eigenvalue weighted by atomic mass is 15.0. The molecule has 0 radical (unpaired) electrons. The average Bonchev–Trinajstić information content (AvgIpc) is 2.64. The van der Waals surface area contributed by atoms with Gasteiger partial charge in [-0.15, -0.1) is 0 Å². The molecule has 0 aliphatic carbocycles. The Bertz CT molecular complexity index is 1180. The molecule has 0 fully saturated rings. The predicted octanol–water partition coefficient (Wildman–Crippen LogP) is 4.44. The van der Waals surface area contributed by atoms with Crippen LogP contribution in [0.2, 0.25) is 0 Å². The van der Waals surface area contributed by atoms with Gasteiger partial charge in [-0.1, -0.05) is 41.5 Å². The summed E-state index contributed by atoms with van der Waals surface area (Å²) in [6.45, 7) is 13.0. The lowest BCUT2D eigenvalue weighted by molar-refractivity contribution is -0.597. The third-order valence-electron chi connectivity index (χ3n) is 4.90. The van der Waals surface area contributed by atoms with E-state index >= 15 is 0 Å². The van der Waals surface area contributed by atoms with Gasteiger partial charge in [-0.25, -0.2) is 14.5 Å². The fourth-order valence-corrected chi connectivity index (χ4v) is 3.54. The third kappa shape index (κ3) is 3.21. The quantitative estimate of drug-likeness (QED) is 0.463. The Morgan fingerprint density at radius 2 is 1.43 bits per heavy atom. The highest BCUT2D eigenvalue weighted by Gasteiger charge is 2.22. The number of aromatic nitrogens is 5. The number of hydrogen-bond donors (Lipinski definition) is 0. The highest BCUT2D eigenvalue weighted by Crippen LogP contribution is 2.28. The molecule has 0 N–H and O–H groups in total. The van der Waals surface area contributed by atoms with Gasteiger partial charge < -0.3 is 0 Å². The van der Waals surface area contributed by atoms with Crippen molar-refractivity contribution in [3.8, 4) is 5.69 Å². The van der Waals surface area contributed by atoms with Gasteiger partial charge in [-0.05, 0) is 17.1 Å². The zero-order chi connectivity index (χ0) is 20.1. The second-order valence-corrected chi connectivity index (χ2v) is 9.30. The van der Waals surface area contributed by atoms with E-state index in [1.807, 2.05) is 23.2 Å². The molecule has 0 saturated carbocycles. The van der Waals surface area contributed by atoms with Gasteiger partial charge in [0.05, 0.1) is 22.3 Å². The van der Waals surface area contributed by atoms with E-state index in [-0.39, 0.29) is 10.8 Å². The van der Waals surface area contributed by atoms with Crippen LogP contribution in [0.5, 0.6) is 0 Å². The molecule has 0 unspecified atom stereocenters. The largest absolute Gasteiger partial charge is 0.291 e. The Morgan fingerprint density at radius 1 is 0.714 bits per heavy atom. The number of rotatable bonds is 1. The first-order valence-electron chi connectivity index (χ1n) is 9.57. The molecule has 0 atom stereocenters. The zero-order valence-corrected chi connectivity index (χ0v) is 17.4. The van der Waals surface area contributed by atoms with E-state index in [9.17, 15) is 0 Å². The molecule has 0 amide bonds. The monoisotopic (exact) mass is 372 g/mol. The fourth-order valence-electron chi connectivity index (χ4n) is 3.54. The number of fused-ring (bicyclic) bond motifs is 2. The van der Waals surface area contributed by atoms with Gasteiger partial charge in [0.1, 0.15) is 18.2 Å². The van der Waals surface area contributed by atoms with Gasteiger partial charge in [0.15, 0.2) is 5.52 Å². The first-order chi connectivity index (χ1) is 13.1. The molecule has 0 spiro atoms. The van der Waals surface area contributed by atoms with Crippen molar-refractivity contribution in [1.29, 1.82) is 0 Å². The third-order valence-corrected chi connectivity index (χ3v) is 4.90. The van der Waals surface area contributed by atoms with Crippen molar-refractivity contribution in [2.75, 3.05) is 0 Å². The van der Waals surface area contributed by atoms with Crippen LogP contribution in [0.15, 0.2) is 49.3 Å². The minimum atomic E-state index is -0.0570. The minimum absolute atomic E-state index is 0.0341. The summed E-state index contributed by atoms with van der Waals surface area (Å²) in [6, 6.07) is 8.25. The molecule has 5 nitrogen and oxygen atoms in total. The predicted molar refractivity (Wildman–Crippen MR) is 112 cm³/mol. The van der Waals surface area contributed by atoms with Crippen LogP contribution >= 0.6 is 0 Å². The SMILES string of the molecule is CC(C)(C)c1ncnc2cc(-[n+]3cnc4ccnc(C(C)(C)C)c4c3)ccc12. The summed E-state index contributed by atoms with van der Waals surface area (Å²) in [4.78, 5) is 18.3. The molecule has 28 heavy (non-hydrogen) atoms. The Kier molecular flexibility index (Phi) is 4.14. The maximum atomic E-state index is 4.66. The summed E-state index contributed by atoms with van der Waals surface area (Å²) in [5.41, 5.74) is 4.92. The molecule has 0 bridgehead atoms. The summed E-state index contributed by atoms with van der Waals surface area (Å²) in [5.74, 6) is 0. The molecule has 5 heteroatoms. The standard InChI is InChI=1S/C23H26N5/c1-22(2,3)20-16-8-7-15(11-19(16)25-13-26-20)28-12-17-18(27-14-28)9-10-24-21(17)23(4,5)6/h7-14H,1-6H3/q+1. The molecule has 0 aliphatic rings. The summed E-state index contributed by atoms with van der Waals surface area (Å²) < 4.78 is 2.04. The molecule has 0 aliphatic heterocycles. The van der Waals surface area contributed by atoms with Gasteiger partial charge in [0.25, 0.3) is 6.33 Å². The number of benzene rings is 1. The van der Waals surface area contributed by atoms with Crippen molar-refractivity contribution < 1.29 is 4.57 Å². The summed E-state index contributed by atoms with van der Waals surface area (Å²) >= 11 is 0. The van der Waals surface area contributed by atoms with E-state index in [4.69, 9.17) is 0 Å². The Hall–Kier alpha value is -2.95. The zero-order valence-electron chi connectivity index (χ0n) is 17.4. The van der Waals surface area contributed by atoms with Gasteiger partial charge in [-0.2, -0.15) is 0 Å². The Morgan fingerprint density at radius 3 is 2.14 bits per heavy atom. The first-order valence-corrected chi connectivity index (χ1v) is 9.57. The summed E-state index contributed by atoms with van der Waals surface area (Å²) in [7, 11) is 0. The van der Waals surface area contributed by atoms with Gasteiger partial charge in [0.2, 0.25) is 0 Å². The smallest absolute Gasteiger partial charge is 0.260 e.